The number of methoxy groups -OCH3 is 1. The van der Waals surface area contributed by atoms with E-state index in [0.717, 1.165) is 35.5 Å². The number of likely N-dealkylation sites (tertiary alicyclic amines) is 1. The molecule has 8 nitrogen and oxygen atoms in total. The van der Waals surface area contributed by atoms with Crippen LogP contribution in [0.4, 0.5) is 16.4 Å². The van der Waals surface area contributed by atoms with Crippen LogP contribution in [0.2, 0.25) is 0 Å². The summed E-state index contributed by atoms with van der Waals surface area (Å²) in [6.07, 6.45) is 3.06. The lowest BCUT2D eigenvalue weighted by molar-refractivity contribution is 0.0204. The molecule has 0 saturated carbocycles. The first-order valence-electron chi connectivity index (χ1n) is 11.5. The molecule has 0 bridgehead atoms. The zero-order valence-corrected chi connectivity index (χ0v) is 20.1. The molecule has 1 amide bonds. The van der Waals surface area contributed by atoms with Gasteiger partial charge in [-0.25, -0.2) is 19.7 Å². The Labute approximate surface area is 200 Å². The summed E-state index contributed by atoms with van der Waals surface area (Å²) in [4.78, 5) is 28.1. The number of pyridine rings is 1. The van der Waals surface area contributed by atoms with E-state index in [1.807, 2.05) is 57.2 Å². The smallest absolute Gasteiger partial charge is 0.410 e. The van der Waals surface area contributed by atoms with Gasteiger partial charge >= 0.3 is 6.09 Å². The van der Waals surface area contributed by atoms with E-state index in [1.54, 1.807) is 24.3 Å². The van der Waals surface area contributed by atoms with Crippen LogP contribution in [-0.4, -0.2) is 51.7 Å². The minimum atomic E-state index is -0.498. The molecule has 0 atom stereocenters. The predicted octanol–water partition coefficient (Wildman–Crippen LogP) is 5.41. The monoisotopic (exact) mass is 461 g/mol. The van der Waals surface area contributed by atoms with Crippen LogP contribution in [0, 0.1) is 0 Å². The molecule has 34 heavy (non-hydrogen) atoms. The van der Waals surface area contributed by atoms with Gasteiger partial charge in [0.05, 0.1) is 24.7 Å². The maximum atomic E-state index is 12.5. The molecule has 178 valence electrons. The molecule has 0 spiro atoms. The van der Waals surface area contributed by atoms with Crippen molar-refractivity contribution in [2.45, 2.75) is 45.1 Å². The van der Waals surface area contributed by atoms with Gasteiger partial charge < -0.3 is 19.7 Å². The summed E-state index contributed by atoms with van der Waals surface area (Å²) in [5.41, 5.74) is 3.11. The number of amides is 1. The number of hydrogen-bond acceptors (Lipinski definition) is 7. The molecule has 4 rings (SSSR count). The summed E-state index contributed by atoms with van der Waals surface area (Å²) < 4.78 is 10.7. The van der Waals surface area contributed by atoms with Crippen molar-refractivity contribution in [2.75, 3.05) is 25.5 Å². The molecule has 0 radical (unpaired) electrons. The van der Waals surface area contributed by atoms with Gasteiger partial charge in [0.2, 0.25) is 11.8 Å². The fraction of sp³-hybridized carbons (Fsp3) is 0.385. The second kappa shape index (κ2) is 10.1. The van der Waals surface area contributed by atoms with Crippen LogP contribution in [0.3, 0.4) is 0 Å². The highest BCUT2D eigenvalue weighted by Crippen LogP contribution is 2.31. The van der Waals surface area contributed by atoms with E-state index in [-0.39, 0.29) is 12.0 Å². The van der Waals surface area contributed by atoms with E-state index >= 15 is 0 Å². The van der Waals surface area contributed by atoms with Crippen LogP contribution in [0.15, 0.2) is 54.7 Å². The molecule has 1 aromatic carbocycles. The summed E-state index contributed by atoms with van der Waals surface area (Å²) >= 11 is 0. The first-order chi connectivity index (χ1) is 16.3. The van der Waals surface area contributed by atoms with Gasteiger partial charge in [0.25, 0.3) is 0 Å². The van der Waals surface area contributed by atoms with Gasteiger partial charge in [-0.1, -0.05) is 30.3 Å². The van der Waals surface area contributed by atoms with E-state index in [9.17, 15) is 4.79 Å². The summed E-state index contributed by atoms with van der Waals surface area (Å²) in [7, 11) is 1.59. The van der Waals surface area contributed by atoms with Gasteiger partial charge in [-0.05, 0) is 45.7 Å². The average molecular weight is 462 g/mol. The molecule has 3 heterocycles. The van der Waals surface area contributed by atoms with Gasteiger partial charge in [0, 0.05) is 36.3 Å². The minimum Gasteiger partial charge on any atom is -0.481 e. The third kappa shape index (κ3) is 6.01. The number of carbonyl (C=O) groups is 1. The fourth-order valence-corrected chi connectivity index (χ4v) is 3.88. The molecule has 2 aromatic heterocycles. The fourth-order valence-electron chi connectivity index (χ4n) is 3.88. The Kier molecular flexibility index (Phi) is 6.95. The Bertz CT molecular complexity index is 1110. The maximum absolute atomic E-state index is 12.5. The molecule has 8 heteroatoms. The van der Waals surface area contributed by atoms with E-state index in [0.29, 0.717) is 24.9 Å². The van der Waals surface area contributed by atoms with Crippen LogP contribution < -0.4 is 10.1 Å². The van der Waals surface area contributed by atoms with Gasteiger partial charge in [-0.3, -0.25) is 0 Å². The largest absolute Gasteiger partial charge is 0.481 e. The first kappa shape index (κ1) is 23.5. The van der Waals surface area contributed by atoms with Crippen molar-refractivity contribution < 1.29 is 14.3 Å². The molecule has 1 N–H and O–H groups in total. The minimum absolute atomic E-state index is 0.221. The van der Waals surface area contributed by atoms with Gasteiger partial charge in [0.1, 0.15) is 5.60 Å². The third-order valence-electron chi connectivity index (χ3n) is 5.58. The maximum Gasteiger partial charge on any atom is 0.410 e. The number of nitrogens with one attached hydrogen (secondary N) is 1. The topological polar surface area (TPSA) is 89.5 Å². The number of benzene rings is 1. The number of ether oxygens (including phenoxy) is 2. The summed E-state index contributed by atoms with van der Waals surface area (Å²) in [6, 6.07) is 15.8. The lowest BCUT2D eigenvalue weighted by Crippen LogP contribution is -2.41. The predicted molar refractivity (Wildman–Crippen MR) is 131 cm³/mol. The number of carbonyl (C=O) groups excluding carboxylic acids is 1. The SMILES string of the molecule is COc1ccc(Nc2nc(-c3ccccc3)cc(C3CCN(C(=O)OC(C)(C)C)CC3)n2)cn1. The molecular weight excluding hydrogens is 430 g/mol. The molecule has 0 aliphatic carbocycles. The Morgan fingerprint density at radius 1 is 1.06 bits per heavy atom. The molecular formula is C26H31N5O3. The highest BCUT2D eigenvalue weighted by atomic mass is 16.6. The Morgan fingerprint density at radius 3 is 2.41 bits per heavy atom. The van der Waals surface area contributed by atoms with Crippen LogP contribution in [0.25, 0.3) is 11.3 Å². The van der Waals surface area contributed by atoms with E-state index in [1.165, 1.54) is 0 Å². The number of hydrogen-bond donors (Lipinski definition) is 1. The molecule has 1 aliphatic rings. The molecule has 1 aliphatic heterocycles. The lowest BCUT2D eigenvalue weighted by Gasteiger charge is -2.33. The van der Waals surface area contributed by atoms with Crippen molar-refractivity contribution in [3.8, 4) is 17.1 Å². The Morgan fingerprint density at radius 2 is 1.79 bits per heavy atom. The molecule has 1 saturated heterocycles. The van der Waals surface area contributed by atoms with Crippen molar-refractivity contribution in [3.05, 3.63) is 60.4 Å². The zero-order chi connectivity index (χ0) is 24.1. The van der Waals surface area contributed by atoms with Gasteiger partial charge in [-0.15, -0.1) is 0 Å². The standard InChI is InChI=1S/C26H31N5O3/c1-26(2,3)34-25(32)31-14-12-19(13-15-31)22-16-21(18-8-6-5-7-9-18)29-24(30-22)28-20-10-11-23(33-4)27-17-20/h5-11,16-17,19H,12-15H2,1-4H3,(H,28,29,30). The van der Waals surface area contributed by atoms with Crippen molar-refractivity contribution in [1.29, 1.82) is 0 Å². The lowest BCUT2D eigenvalue weighted by atomic mass is 9.92. The summed E-state index contributed by atoms with van der Waals surface area (Å²) in [6.45, 7) is 6.92. The summed E-state index contributed by atoms with van der Waals surface area (Å²) in [5, 5.41) is 3.27. The van der Waals surface area contributed by atoms with Crippen molar-refractivity contribution >= 4 is 17.7 Å². The van der Waals surface area contributed by atoms with Crippen molar-refractivity contribution in [2.24, 2.45) is 0 Å². The van der Waals surface area contributed by atoms with Crippen LogP contribution in [0.5, 0.6) is 5.88 Å². The highest BCUT2D eigenvalue weighted by molar-refractivity contribution is 5.68. The number of anilines is 2. The van der Waals surface area contributed by atoms with Crippen molar-refractivity contribution in [1.82, 2.24) is 19.9 Å². The number of piperidine rings is 1. The van der Waals surface area contributed by atoms with Crippen molar-refractivity contribution in [3.63, 3.8) is 0 Å². The quantitative estimate of drug-likeness (QED) is 0.544. The average Bonchev–Trinajstić information content (AvgIpc) is 2.84. The highest BCUT2D eigenvalue weighted by Gasteiger charge is 2.28. The zero-order valence-electron chi connectivity index (χ0n) is 20.1. The molecule has 1 fully saturated rings. The van der Waals surface area contributed by atoms with Gasteiger partial charge in [-0.2, -0.15) is 0 Å². The van der Waals surface area contributed by atoms with Gasteiger partial charge in [0.15, 0.2) is 0 Å². The van der Waals surface area contributed by atoms with E-state index in [2.05, 4.69) is 16.4 Å². The van der Waals surface area contributed by atoms with Crippen LogP contribution in [0.1, 0.15) is 45.2 Å². The second-order valence-electron chi connectivity index (χ2n) is 9.32. The molecule has 3 aromatic rings. The number of aromatic nitrogens is 3. The number of nitrogens with zero attached hydrogens (tertiary/aromatic N) is 4. The van der Waals surface area contributed by atoms with E-state index < -0.39 is 5.60 Å². The summed E-state index contributed by atoms with van der Waals surface area (Å²) in [5.74, 6) is 1.28. The van der Waals surface area contributed by atoms with E-state index in [4.69, 9.17) is 19.4 Å². The first-order valence-corrected chi connectivity index (χ1v) is 11.5. The normalized spacial score (nSPS) is 14.5. The second-order valence-corrected chi connectivity index (χ2v) is 9.32. The Hall–Kier alpha value is -3.68. The Balaban J connectivity index is 1.55. The third-order valence-corrected chi connectivity index (χ3v) is 5.58. The number of rotatable bonds is 5. The molecule has 0 unspecified atom stereocenters. The van der Waals surface area contributed by atoms with Crippen LogP contribution >= 0.6 is 0 Å². The van der Waals surface area contributed by atoms with Crippen LogP contribution in [-0.2, 0) is 4.74 Å².